The predicted molar refractivity (Wildman–Crippen MR) is 135 cm³/mol. The number of hydrogen-bond donors (Lipinski definition) is 0. The number of benzene rings is 3. The van der Waals surface area contributed by atoms with E-state index in [1.165, 1.54) is 49.4 Å². The van der Waals surface area contributed by atoms with Crippen molar-refractivity contribution in [3.05, 3.63) is 104 Å². The molecule has 0 unspecified atom stereocenters. The number of nitriles is 1. The Hall–Kier alpha value is -4.47. The lowest BCUT2D eigenvalue weighted by atomic mass is 10.1. The van der Waals surface area contributed by atoms with Crippen LogP contribution in [0.3, 0.4) is 0 Å². The Balaban J connectivity index is 1.49. The topological polar surface area (TPSA) is 148 Å². The summed E-state index contributed by atoms with van der Waals surface area (Å²) in [7, 11) is -4.33. The molecular formula is C25H17N3O7S2. The minimum Gasteiger partial charge on any atom is -0.379 e. The monoisotopic (exact) mass is 535 g/mol. The van der Waals surface area contributed by atoms with Crippen LogP contribution in [-0.4, -0.2) is 29.4 Å². The largest absolute Gasteiger partial charge is 0.379 e. The van der Waals surface area contributed by atoms with Gasteiger partial charge in [-0.1, -0.05) is 36.4 Å². The number of thioether (sulfide) groups is 1. The number of aryl methyl sites for hydroxylation is 1. The average molecular weight is 536 g/mol. The molecule has 1 heterocycles. The molecule has 0 atom stereocenters. The van der Waals surface area contributed by atoms with Crippen LogP contribution in [0.2, 0.25) is 0 Å². The predicted octanol–water partition coefficient (Wildman–Crippen LogP) is 4.78. The molecule has 186 valence electrons. The minimum atomic E-state index is -4.33. The number of nitro benzene ring substituents is 1. The van der Waals surface area contributed by atoms with Gasteiger partial charge in [0.15, 0.2) is 0 Å². The van der Waals surface area contributed by atoms with E-state index in [4.69, 9.17) is 4.18 Å². The molecule has 2 amide bonds. The standard InChI is InChI=1S/C25H17N3O7S2/c1-16-6-11-21(13-22(16)28(31)32)37(33,34)35-20-9-7-17(8-10-20)12-23-24(29)27(25(30)36-23)15-19-5-3-2-4-18(19)14-26/h2-13H,15H2,1H3/b23-12-. The van der Waals surface area contributed by atoms with E-state index >= 15 is 0 Å². The summed E-state index contributed by atoms with van der Waals surface area (Å²) in [6, 6.07) is 17.9. The fraction of sp³-hybridized carbons (Fsp3) is 0.0800. The lowest BCUT2D eigenvalue weighted by Gasteiger charge is -2.13. The maximum Gasteiger partial charge on any atom is 0.339 e. The molecule has 1 saturated heterocycles. The summed E-state index contributed by atoms with van der Waals surface area (Å²) in [6.45, 7) is 1.46. The third-order valence-electron chi connectivity index (χ3n) is 5.39. The van der Waals surface area contributed by atoms with Crippen LogP contribution < -0.4 is 4.18 Å². The Morgan fingerprint density at radius 1 is 1.11 bits per heavy atom. The number of nitro groups is 1. The molecule has 12 heteroatoms. The Morgan fingerprint density at radius 2 is 1.81 bits per heavy atom. The third-order valence-corrected chi connectivity index (χ3v) is 7.54. The van der Waals surface area contributed by atoms with Crippen molar-refractivity contribution in [2.24, 2.45) is 0 Å². The Labute approximate surface area is 216 Å². The van der Waals surface area contributed by atoms with Gasteiger partial charge in [-0.2, -0.15) is 13.7 Å². The maximum absolute atomic E-state index is 12.8. The summed E-state index contributed by atoms with van der Waals surface area (Å²) in [5.41, 5.74) is 1.40. The maximum atomic E-state index is 12.8. The van der Waals surface area contributed by atoms with E-state index < -0.39 is 26.2 Å². The van der Waals surface area contributed by atoms with E-state index in [1.54, 1.807) is 24.3 Å². The number of imide groups is 1. The Bertz CT molecular complexity index is 1610. The molecule has 0 N–H and O–H groups in total. The van der Waals surface area contributed by atoms with Crippen molar-refractivity contribution < 1.29 is 27.1 Å². The normalized spacial score (nSPS) is 14.6. The van der Waals surface area contributed by atoms with E-state index in [0.29, 0.717) is 22.3 Å². The molecule has 3 aromatic rings. The van der Waals surface area contributed by atoms with Crippen molar-refractivity contribution in [2.75, 3.05) is 0 Å². The van der Waals surface area contributed by atoms with Gasteiger partial charge >= 0.3 is 10.1 Å². The highest BCUT2D eigenvalue weighted by Crippen LogP contribution is 2.34. The van der Waals surface area contributed by atoms with Crippen LogP contribution in [0, 0.1) is 28.4 Å². The lowest BCUT2D eigenvalue weighted by molar-refractivity contribution is -0.385. The minimum absolute atomic E-state index is 0.0342. The number of nitrogens with zero attached hydrogens (tertiary/aromatic N) is 3. The van der Waals surface area contributed by atoms with Crippen LogP contribution in [0.25, 0.3) is 6.08 Å². The smallest absolute Gasteiger partial charge is 0.339 e. The number of carbonyl (C=O) groups is 2. The van der Waals surface area contributed by atoms with Crippen molar-refractivity contribution >= 4 is 44.8 Å². The second-order valence-corrected chi connectivity index (χ2v) is 10.4. The van der Waals surface area contributed by atoms with Gasteiger partial charge < -0.3 is 4.18 Å². The summed E-state index contributed by atoms with van der Waals surface area (Å²) in [5.74, 6) is -0.548. The molecule has 1 aliphatic heterocycles. The van der Waals surface area contributed by atoms with Crippen LogP contribution in [0.4, 0.5) is 10.5 Å². The summed E-state index contributed by atoms with van der Waals surface area (Å²) in [5, 5.41) is 19.9. The van der Waals surface area contributed by atoms with Crippen LogP contribution in [0.15, 0.2) is 76.5 Å². The molecule has 1 aliphatic rings. The quantitative estimate of drug-likeness (QED) is 0.180. The van der Waals surface area contributed by atoms with Gasteiger partial charge in [0.05, 0.1) is 28.0 Å². The zero-order valence-corrected chi connectivity index (χ0v) is 20.8. The lowest BCUT2D eigenvalue weighted by Crippen LogP contribution is -2.27. The van der Waals surface area contributed by atoms with Crippen LogP contribution in [-0.2, 0) is 21.5 Å². The highest BCUT2D eigenvalue weighted by molar-refractivity contribution is 8.18. The molecule has 4 rings (SSSR count). The summed E-state index contributed by atoms with van der Waals surface area (Å²) in [4.78, 5) is 36.6. The van der Waals surface area contributed by atoms with Crippen molar-refractivity contribution in [3.8, 4) is 11.8 Å². The third kappa shape index (κ3) is 5.53. The number of hydrogen-bond acceptors (Lipinski definition) is 9. The molecule has 0 aromatic heterocycles. The van der Waals surface area contributed by atoms with E-state index in [-0.39, 0.29) is 27.8 Å². The van der Waals surface area contributed by atoms with Crippen LogP contribution in [0.1, 0.15) is 22.3 Å². The average Bonchev–Trinajstić information content (AvgIpc) is 3.12. The highest BCUT2D eigenvalue weighted by Gasteiger charge is 2.35. The van der Waals surface area contributed by atoms with Gasteiger partial charge in [0.1, 0.15) is 10.6 Å². The van der Waals surface area contributed by atoms with Gasteiger partial charge in [0.25, 0.3) is 16.8 Å². The van der Waals surface area contributed by atoms with Crippen molar-refractivity contribution in [3.63, 3.8) is 0 Å². The SMILES string of the molecule is Cc1ccc(S(=O)(=O)Oc2ccc(/C=C3\SC(=O)N(Cc4ccccc4C#N)C3=O)cc2)cc1[N+](=O)[O-]. The molecule has 0 saturated carbocycles. The van der Waals surface area contributed by atoms with Gasteiger partial charge in [-0.3, -0.25) is 24.6 Å². The van der Waals surface area contributed by atoms with Crippen LogP contribution >= 0.6 is 11.8 Å². The number of rotatable bonds is 7. The van der Waals surface area contributed by atoms with E-state index in [9.17, 15) is 33.4 Å². The Kier molecular flexibility index (Phi) is 7.10. The fourth-order valence-corrected chi connectivity index (χ4v) is 5.25. The first-order valence-corrected chi connectivity index (χ1v) is 12.8. The summed E-state index contributed by atoms with van der Waals surface area (Å²) < 4.78 is 30.3. The first-order valence-electron chi connectivity index (χ1n) is 10.6. The zero-order chi connectivity index (χ0) is 26.7. The molecule has 3 aromatic carbocycles. The summed E-state index contributed by atoms with van der Waals surface area (Å²) >= 11 is 0.759. The molecular weight excluding hydrogens is 518 g/mol. The van der Waals surface area contributed by atoms with Gasteiger partial charge in [-0.05, 0) is 60.2 Å². The summed E-state index contributed by atoms with van der Waals surface area (Å²) in [6.07, 6.45) is 1.49. The van der Waals surface area contributed by atoms with Gasteiger partial charge in [0.2, 0.25) is 0 Å². The van der Waals surface area contributed by atoms with E-state index in [0.717, 1.165) is 22.7 Å². The second-order valence-electron chi connectivity index (χ2n) is 7.85. The van der Waals surface area contributed by atoms with Crippen LogP contribution in [0.5, 0.6) is 5.75 Å². The molecule has 0 bridgehead atoms. The molecule has 37 heavy (non-hydrogen) atoms. The fourth-order valence-electron chi connectivity index (χ4n) is 3.46. The Morgan fingerprint density at radius 3 is 2.49 bits per heavy atom. The second kappa shape index (κ2) is 10.3. The van der Waals surface area contributed by atoms with Gasteiger partial charge in [-0.15, -0.1) is 0 Å². The van der Waals surface area contributed by atoms with Gasteiger partial charge in [0, 0.05) is 11.6 Å². The van der Waals surface area contributed by atoms with Gasteiger partial charge in [-0.25, -0.2) is 0 Å². The van der Waals surface area contributed by atoms with E-state index in [1.807, 2.05) is 6.07 Å². The number of carbonyl (C=O) groups excluding carboxylic acids is 2. The van der Waals surface area contributed by atoms with Crippen molar-refractivity contribution in [2.45, 2.75) is 18.4 Å². The molecule has 0 spiro atoms. The molecule has 0 aliphatic carbocycles. The van der Waals surface area contributed by atoms with E-state index in [2.05, 4.69) is 0 Å². The molecule has 0 radical (unpaired) electrons. The first kappa shape index (κ1) is 25.6. The molecule has 1 fully saturated rings. The van der Waals surface area contributed by atoms with Crippen molar-refractivity contribution in [1.82, 2.24) is 4.90 Å². The highest BCUT2D eigenvalue weighted by atomic mass is 32.2. The zero-order valence-electron chi connectivity index (χ0n) is 19.2. The van der Waals surface area contributed by atoms with Crippen molar-refractivity contribution in [1.29, 1.82) is 5.26 Å². The number of amides is 2. The molecule has 10 nitrogen and oxygen atoms in total. The first-order chi connectivity index (χ1) is 17.6.